The summed E-state index contributed by atoms with van der Waals surface area (Å²) in [6.45, 7) is 13.1. The Bertz CT molecular complexity index is 4010. The Balaban J connectivity index is 1.14. The van der Waals surface area contributed by atoms with Crippen molar-refractivity contribution in [2.24, 2.45) is 0 Å². The average molecular weight is 983 g/mol. The molecule has 8 heteroatoms. The number of fused-ring (bicyclic) bond motifs is 2. The molecule has 12 rings (SSSR count). The van der Waals surface area contributed by atoms with Gasteiger partial charge in [0.2, 0.25) is 11.9 Å². The van der Waals surface area contributed by atoms with Crippen LogP contribution in [0.25, 0.3) is 78.2 Å². The van der Waals surface area contributed by atoms with Crippen molar-refractivity contribution in [1.82, 2.24) is 29.9 Å². The van der Waals surface area contributed by atoms with E-state index < -0.39 is 0 Å². The Hall–Kier alpha value is -9.66. The van der Waals surface area contributed by atoms with E-state index >= 15 is 0 Å². The normalized spacial score (nSPS) is 11.3. The van der Waals surface area contributed by atoms with Gasteiger partial charge in [0.1, 0.15) is 0 Å². The molecule has 76 heavy (non-hydrogen) atoms. The standard InChI is InChI=1S/C68H54N8/c1-43-37-45(3)61(46(4)38-43)75(62-47(5)39-44(2)40-48(62)6)55-33-35-56(36-34-55)76(67-71-63(51-24-12-8-13-25-51)69-65(73-67)58-32-20-30-49-23-18-19-31-57(49)58)68-72-64(52-26-14-9-15-27-52)70-66(74-68)60-42-54-29-17-16-28-53(54)41-59(60)50-21-10-7-11-22-50/h7-42H,1-6H3. The molecule has 10 aromatic carbocycles. The number of hydrogen-bond donors (Lipinski definition) is 0. The summed E-state index contributed by atoms with van der Waals surface area (Å²) < 4.78 is 0. The summed E-state index contributed by atoms with van der Waals surface area (Å²) in [4.78, 5) is 36.7. The predicted molar refractivity (Wildman–Crippen MR) is 313 cm³/mol. The van der Waals surface area contributed by atoms with Gasteiger partial charge in [0.15, 0.2) is 23.3 Å². The van der Waals surface area contributed by atoms with E-state index in [0.717, 1.165) is 77.7 Å². The first kappa shape index (κ1) is 47.4. The second-order valence-corrected chi connectivity index (χ2v) is 19.6. The number of aryl methyl sites for hydroxylation is 6. The number of benzene rings is 10. The van der Waals surface area contributed by atoms with E-state index in [2.05, 4.69) is 198 Å². The van der Waals surface area contributed by atoms with Crippen LogP contribution in [-0.4, -0.2) is 29.9 Å². The summed E-state index contributed by atoms with van der Waals surface area (Å²) in [6, 6.07) is 75.7. The van der Waals surface area contributed by atoms with Crippen LogP contribution >= 0.6 is 0 Å². The molecule has 0 fully saturated rings. The molecule has 0 spiro atoms. The highest BCUT2D eigenvalue weighted by Crippen LogP contribution is 2.45. The first-order chi connectivity index (χ1) is 37.1. The highest BCUT2D eigenvalue weighted by Gasteiger charge is 2.27. The fourth-order valence-electron chi connectivity index (χ4n) is 10.8. The van der Waals surface area contributed by atoms with Gasteiger partial charge in [-0.1, -0.05) is 193 Å². The van der Waals surface area contributed by atoms with Gasteiger partial charge in [0.05, 0.1) is 17.1 Å². The van der Waals surface area contributed by atoms with Crippen LogP contribution in [0.5, 0.6) is 0 Å². The van der Waals surface area contributed by atoms with E-state index in [0.29, 0.717) is 35.2 Å². The first-order valence-corrected chi connectivity index (χ1v) is 25.7. The third-order valence-electron chi connectivity index (χ3n) is 14.0. The van der Waals surface area contributed by atoms with Crippen molar-refractivity contribution in [3.05, 3.63) is 252 Å². The Kier molecular flexibility index (Phi) is 12.5. The lowest BCUT2D eigenvalue weighted by atomic mass is 9.95. The van der Waals surface area contributed by atoms with Crippen LogP contribution in [0.3, 0.4) is 0 Å². The highest BCUT2D eigenvalue weighted by atomic mass is 15.4. The predicted octanol–water partition coefficient (Wildman–Crippen LogP) is 17.5. The van der Waals surface area contributed by atoms with Gasteiger partial charge < -0.3 is 4.90 Å². The maximum absolute atomic E-state index is 5.54. The minimum Gasteiger partial charge on any atom is -0.309 e. The van der Waals surface area contributed by atoms with Crippen molar-refractivity contribution in [2.45, 2.75) is 41.5 Å². The van der Waals surface area contributed by atoms with Gasteiger partial charge in [-0.15, -0.1) is 0 Å². The van der Waals surface area contributed by atoms with Crippen LogP contribution in [0.15, 0.2) is 218 Å². The molecule has 0 aliphatic rings. The van der Waals surface area contributed by atoms with E-state index in [-0.39, 0.29) is 0 Å². The van der Waals surface area contributed by atoms with Gasteiger partial charge in [0, 0.05) is 27.9 Å². The summed E-state index contributed by atoms with van der Waals surface area (Å²) in [5.74, 6) is 2.71. The van der Waals surface area contributed by atoms with Crippen molar-refractivity contribution >= 4 is 56.2 Å². The molecule has 2 heterocycles. The lowest BCUT2D eigenvalue weighted by Crippen LogP contribution is -2.19. The van der Waals surface area contributed by atoms with Gasteiger partial charge in [-0.05, 0) is 133 Å². The van der Waals surface area contributed by atoms with Crippen molar-refractivity contribution in [3.8, 4) is 56.7 Å². The topological polar surface area (TPSA) is 83.8 Å². The zero-order chi connectivity index (χ0) is 51.9. The van der Waals surface area contributed by atoms with Crippen molar-refractivity contribution < 1.29 is 0 Å². The number of hydrogen-bond acceptors (Lipinski definition) is 8. The Morgan fingerprint density at radius 1 is 0.276 bits per heavy atom. The second kappa shape index (κ2) is 20.0. The lowest BCUT2D eigenvalue weighted by Gasteiger charge is -2.32. The minimum atomic E-state index is 0.338. The zero-order valence-corrected chi connectivity index (χ0v) is 43.4. The van der Waals surface area contributed by atoms with Crippen LogP contribution in [0, 0.1) is 41.5 Å². The molecule has 0 saturated carbocycles. The molecule has 12 aromatic rings. The summed E-state index contributed by atoms with van der Waals surface area (Å²) >= 11 is 0. The third-order valence-corrected chi connectivity index (χ3v) is 14.0. The molecule has 0 aliphatic carbocycles. The lowest BCUT2D eigenvalue weighted by molar-refractivity contribution is 0.965. The number of anilines is 6. The van der Waals surface area contributed by atoms with Crippen molar-refractivity contribution in [1.29, 1.82) is 0 Å². The summed E-state index contributed by atoms with van der Waals surface area (Å²) in [7, 11) is 0. The molecule has 0 aliphatic heterocycles. The average Bonchev–Trinajstić information content (AvgIpc) is 3.44. The van der Waals surface area contributed by atoms with Crippen LogP contribution in [-0.2, 0) is 0 Å². The maximum Gasteiger partial charge on any atom is 0.241 e. The molecule has 0 saturated heterocycles. The van der Waals surface area contributed by atoms with Gasteiger partial charge in [0.25, 0.3) is 0 Å². The number of rotatable bonds is 11. The summed E-state index contributed by atoms with van der Waals surface area (Å²) in [5.41, 5.74) is 16.7. The molecular formula is C68H54N8. The molecular weight excluding hydrogens is 929 g/mol. The fourth-order valence-corrected chi connectivity index (χ4v) is 10.8. The first-order valence-electron chi connectivity index (χ1n) is 25.7. The Morgan fingerprint density at radius 3 is 1.16 bits per heavy atom. The van der Waals surface area contributed by atoms with Crippen LogP contribution in [0.4, 0.5) is 34.6 Å². The van der Waals surface area contributed by atoms with Crippen molar-refractivity contribution in [3.63, 3.8) is 0 Å². The monoisotopic (exact) mass is 982 g/mol. The van der Waals surface area contributed by atoms with Crippen LogP contribution in [0.1, 0.15) is 33.4 Å². The largest absolute Gasteiger partial charge is 0.309 e. The fraction of sp³-hybridized carbons (Fsp3) is 0.0882. The van der Waals surface area contributed by atoms with Crippen LogP contribution in [0.2, 0.25) is 0 Å². The molecule has 0 unspecified atom stereocenters. The maximum atomic E-state index is 5.54. The van der Waals surface area contributed by atoms with E-state index in [1.54, 1.807) is 0 Å². The molecule has 8 nitrogen and oxygen atoms in total. The Labute approximate surface area is 443 Å². The van der Waals surface area contributed by atoms with Gasteiger partial charge >= 0.3 is 0 Å². The molecule has 0 radical (unpaired) electrons. The number of nitrogens with zero attached hydrogens (tertiary/aromatic N) is 8. The molecule has 0 atom stereocenters. The molecule has 0 N–H and O–H groups in total. The second-order valence-electron chi connectivity index (χ2n) is 19.6. The third kappa shape index (κ3) is 9.11. The van der Waals surface area contributed by atoms with Gasteiger partial charge in [-0.25, -0.2) is 14.9 Å². The molecule has 366 valence electrons. The highest BCUT2D eigenvalue weighted by molar-refractivity contribution is 5.97. The van der Waals surface area contributed by atoms with E-state index in [4.69, 9.17) is 29.9 Å². The van der Waals surface area contributed by atoms with E-state index in [1.165, 1.54) is 33.4 Å². The SMILES string of the molecule is Cc1cc(C)c(N(c2ccc(N(c3nc(-c4ccccc4)nc(-c4cc5ccccc5cc4-c4ccccc4)n3)c3nc(-c4ccccc4)nc(-c4cccc5ccccc45)n3)cc2)c2c(C)cc(C)cc2C)c(C)c1. The van der Waals surface area contributed by atoms with Crippen molar-refractivity contribution in [2.75, 3.05) is 9.80 Å². The van der Waals surface area contributed by atoms with Gasteiger partial charge in [-0.3, -0.25) is 0 Å². The van der Waals surface area contributed by atoms with E-state index in [1.807, 2.05) is 71.6 Å². The number of aromatic nitrogens is 6. The zero-order valence-electron chi connectivity index (χ0n) is 43.4. The summed E-state index contributed by atoms with van der Waals surface area (Å²) in [6.07, 6.45) is 0. The van der Waals surface area contributed by atoms with Gasteiger partial charge in [-0.2, -0.15) is 19.9 Å². The van der Waals surface area contributed by atoms with Crippen LogP contribution < -0.4 is 9.80 Å². The summed E-state index contributed by atoms with van der Waals surface area (Å²) in [5, 5.41) is 4.29. The molecule has 0 amide bonds. The molecule has 0 bridgehead atoms. The van der Waals surface area contributed by atoms with E-state index in [9.17, 15) is 0 Å². The quantitative estimate of drug-likeness (QED) is 0.127. The smallest absolute Gasteiger partial charge is 0.241 e. The molecule has 2 aromatic heterocycles. The minimum absolute atomic E-state index is 0.338. The Morgan fingerprint density at radius 2 is 0.658 bits per heavy atom.